The van der Waals surface area contributed by atoms with Crippen molar-refractivity contribution in [3.8, 4) is 45.3 Å². The summed E-state index contributed by atoms with van der Waals surface area (Å²) in [5.41, 5.74) is 13.1. The number of fused-ring (bicyclic) bond motifs is 10. The molecule has 12 aromatic rings. The zero-order valence-electron chi connectivity index (χ0n) is 30.7. The van der Waals surface area contributed by atoms with E-state index in [0.717, 1.165) is 88.6 Å². The van der Waals surface area contributed by atoms with Crippen molar-refractivity contribution in [1.82, 2.24) is 19.1 Å². The Hall–Kier alpha value is -7.76. The third-order valence-corrected chi connectivity index (χ3v) is 11.3. The van der Waals surface area contributed by atoms with Crippen molar-refractivity contribution in [3.63, 3.8) is 0 Å². The average molecular weight is 729 g/mol. The smallest absolute Gasteiger partial charge is 0.235 e. The first-order valence-electron chi connectivity index (χ1n) is 19.3. The van der Waals surface area contributed by atoms with Crippen molar-refractivity contribution in [2.24, 2.45) is 0 Å². The molecule has 0 bridgehead atoms. The maximum atomic E-state index is 6.82. The van der Waals surface area contributed by atoms with E-state index < -0.39 is 0 Å². The van der Waals surface area contributed by atoms with Crippen LogP contribution in [0, 0.1) is 0 Å². The number of benzene rings is 8. The molecule has 5 nitrogen and oxygen atoms in total. The van der Waals surface area contributed by atoms with E-state index in [1.165, 1.54) is 16.3 Å². The van der Waals surface area contributed by atoms with E-state index in [1.54, 1.807) is 0 Å². The molecule has 4 heterocycles. The third-order valence-electron chi connectivity index (χ3n) is 11.3. The Balaban J connectivity index is 1.23. The number of nitrogens with zero attached hydrogens (tertiary/aromatic N) is 4. The standard InChI is InChI=1S/C52H32N4O/c1-4-16-33(17-5-1)43-32-44(34-18-6-2-7-19-34)54-52(53-43)56-46-26-14-11-24-39(46)49-50(56)40(31-42-38-23-12-15-27-48(38)57-51(42)49)35-28-29-47-41(30-35)37-22-10-13-25-45(37)55(47)36-20-8-3-9-21-36/h1-32H. The summed E-state index contributed by atoms with van der Waals surface area (Å²) < 4.78 is 11.4. The highest BCUT2D eigenvalue weighted by Gasteiger charge is 2.25. The van der Waals surface area contributed by atoms with Gasteiger partial charge in [0, 0.05) is 49.3 Å². The highest BCUT2D eigenvalue weighted by atomic mass is 16.3. The normalized spacial score (nSPS) is 11.9. The number of aromatic nitrogens is 4. The molecule has 0 fully saturated rings. The number of furan rings is 1. The van der Waals surface area contributed by atoms with E-state index in [1.807, 2.05) is 18.2 Å². The zero-order chi connectivity index (χ0) is 37.5. The Morgan fingerprint density at radius 3 is 1.65 bits per heavy atom. The fourth-order valence-corrected chi connectivity index (χ4v) is 8.80. The molecule has 266 valence electrons. The second-order valence-electron chi connectivity index (χ2n) is 14.6. The van der Waals surface area contributed by atoms with E-state index in [2.05, 4.69) is 185 Å². The molecule has 0 N–H and O–H groups in total. The van der Waals surface area contributed by atoms with Gasteiger partial charge in [0.15, 0.2) is 0 Å². The van der Waals surface area contributed by atoms with Gasteiger partial charge in [0.05, 0.1) is 38.8 Å². The monoisotopic (exact) mass is 728 g/mol. The molecule has 0 amide bonds. The minimum Gasteiger partial charge on any atom is -0.455 e. The van der Waals surface area contributed by atoms with Crippen LogP contribution in [0.5, 0.6) is 0 Å². The van der Waals surface area contributed by atoms with E-state index in [9.17, 15) is 0 Å². The molecule has 8 aromatic carbocycles. The summed E-state index contributed by atoms with van der Waals surface area (Å²) in [6.07, 6.45) is 0. The molecule has 12 rings (SSSR count). The van der Waals surface area contributed by atoms with Gasteiger partial charge in [0.2, 0.25) is 5.95 Å². The van der Waals surface area contributed by atoms with Gasteiger partial charge in [-0.05, 0) is 60.2 Å². The van der Waals surface area contributed by atoms with Gasteiger partial charge in [-0.2, -0.15) is 0 Å². The van der Waals surface area contributed by atoms with Crippen LogP contribution in [0.4, 0.5) is 0 Å². The molecule has 0 unspecified atom stereocenters. The summed E-state index contributed by atoms with van der Waals surface area (Å²) in [5, 5.41) is 6.67. The first kappa shape index (κ1) is 31.6. The summed E-state index contributed by atoms with van der Waals surface area (Å²) in [5.74, 6) is 0.597. The van der Waals surface area contributed by atoms with Gasteiger partial charge < -0.3 is 8.98 Å². The van der Waals surface area contributed by atoms with Crippen LogP contribution in [0.25, 0.3) is 111 Å². The average Bonchev–Trinajstić information content (AvgIpc) is 3.94. The Morgan fingerprint density at radius 1 is 0.386 bits per heavy atom. The lowest BCUT2D eigenvalue weighted by Crippen LogP contribution is -2.04. The van der Waals surface area contributed by atoms with Crippen LogP contribution in [0.2, 0.25) is 0 Å². The SMILES string of the molecule is c1ccc(-c2cc(-c3ccccc3)nc(-n3c4ccccc4c4c5oc6ccccc6c5cc(-c5ccc6c(c5)c5ccccc5n6-c5ccccc5)c43)n2)cc1. The number of hydrogen-bond acceptors (Lipinski definition) is 3. The predicted molar refractivity (Wildman–Crippen MR) is 234 cm³/mol. The lowest BCUT2D eigenvalue weighted by molar-refractivity contribution is 0.673. The molecule has 0 saturated heterocycles. The van der Waals surface area contributed by atoms with E-state index in [4.69, 9.17) is 14.4 Å². The highest BCUT2D eigenvalue weighted by Crippen LogP contribution is 2.46. The van der Waals surface area contributed by atoms with Crippen molar-refractivity contribution in [3.05, 3.63) is 194 Å². The molecule has 0 spiro atoms. The summed E-state index contributed by atoms with van der Waals surface area (Å²) >= 11 is 0. The Bertz CT molecular complexity index is 3450. The molecule has 0 aliphatic carbocycles. The number of rotatable bonds is 5. The largest absolute Gasteiger partial charge is 0.455 e. The molecule has 0 atom stereocenters. The van der Waals surface area contributed by atoms with Gasteiger partial charge in [-0.25, -0.2) is 9.97 Å². The second kappa shape index (κ2) is 12.4. The predicted octanol–water partition coefficient (Wildman–Crippen LogP) is 13.6. The van der Waals surface area contributed by atoms with Crippen molar-refractivity contribution in [2.75, 3.05) is 0 Å². The summed E-state index contributed by atoms with van der Waals surface area (Å²) in [4.78, 5) is 10.8. The molecule has 57 heavy (non-hydrogen) atoms. The third kappa shape index (κ3) is 4.82. The van der Waals surface area contributed by atoms with Crippen molar-refractivity contribution in [2.45, 2.75) is 0 Å². The highest BCUT2D eigenvalue weighted by molar-refractivity contribution is 6.27. The van der Waals surface area contributed by atoms with Gasteiger partial charge in [-0.3, -0.25) is 4.57 Å². The Labute approximate surface area is 327 Å². The van der Waals surface area contributed by atoms with Crippen molar-refractivity contribution in [1.29, 1.82) is 0 Å². The Kier molecular flexibility index (Phi) is 6.86. The Morgan fingerprint density at radius 2 is 0.947 bits per heavy atom. The molecule has 4 aromatic heterocycles. The quantitative estimate of drug-likeness (QED) is 0.177. The molecule has 0 radical (unpaired) electrons. The molecule has 0 aliphatic rings. The maximum absolute atomic E-state index is 6.82. The van der Waals surface area contributed by atoms with Crippen LogP contribution in [-0.4, -0.2) is 19.1 Å². The lowest BCUT2D eigenvalue weighted by Gasteiger charge is -2.14. The molecule has 0 saturated carbocycles. The van der Waals surface area contributed by atoms with Gasteiger partial charge in [0.25, 0.3) is 0 Å². The summed E-state index contributed by atoms with van der Waals surface area (Å²) in [7, 11) is 0. The second-order valence-corrected chi connectivity index (χ2v) is 14.6. The van der Waals surface area contributed by atoms with E-state index in [-0.39, 0.29) is 0 Å². The van der Waals surface area contributed by atoms with Crippen molar-refractivity contribution < 1.29 is 4.42 Å². The lowest BCUT2D eigenvalue weighted by atomic mass is 9.97. The zero-order valence-corrected chi connectivity index (χ0v) is 30.7. The fraction of sp³-hybridized carbons (Fsp3) is 0. The molecule has 5 heteroatoms. The van der Waals surface area contributed by atoms with Gasteiger partial charge in [-0.1, -0.05) is 140 Å². The van der Waals surface area contributed by atoms with Crippen LogP contribution in [0.1, 0.15) is 0 Å². The minimum atomic E-state index is 0.597. The fourth-order valence-electron chi connectivity index (χ4n) is 8.80. The summed E-state index contributed by atoms with van der Waals surface area (Å²) in [6.45, 7) is 0. The van der Waals surface area contributed by atoms with Gasteiger partial charge in [0.1, 0.15) is 11.2 Å². The van der Waals surface area contributed by atoms with Crippen LogP contribution in [-0.2, 0) is 0 Å². The van der Waals surface area contributed by atoms with Gasteiger partial charge in [-0.15, -0.1) is 0 Å². The van der Waals surface area contributed by atoms with Crippen molar-refractivity contribution >= 4 is 65.6 Å². The van der Waals surface area contributed by atoms with Crippen LogP contribution < -0.4 is 0 Å². The van der Waals surface area contributed by atoms with Crippen LogP contribution >= 0.6 is 0 Å². The minimum absolute atomic E-state index is 0.597. The van der Waals surface area contributed by atoms with Gasteiger partial charge >= 0.3 is 0 Å². The topological polar surface area (TPSA) is 48.8 Å². The first-order chi connectivity index (χ1) is 28.3. The number of para-hydroxylation sites is 4. The van der Waals surface area contributed by atoms with E-state index in [0.29, 0.717) is 5.95 Å². The van der Waals surface area contributed by atoms with Crippen LogP contribution in [0.3, 0.4) is 0 Å². The molecule has 0 aliphatic heterocycles. The number of hydrogen-bond donors (Lipinski definition) is 0. The van der Waals surface area contributed by atoms with E-state index >= 15 is 0 Å². The van der Waals surface area contributed by atoms with Crippen LogP contribution in [0.15, 0.2) is 199 Å². The molecular formula is C52H32N4O. The maximum Gasteiger partial charge on any atom is 0.235 e. The summed E-state index contributed by atoms with van der Waals surface area (Å²) in [6, 6.07) is 68.3. The first-order valence-corrected chi connectivity index (χ1v) is 19.3. The molecular weight excluding hydrogens is 697 g/mol.